The molecule has 0 aromatic heterocycles. The summed E-state index contributed by atoms with van der Waals surface area (Å²) < 4.78 is 9.69. The average molecular weight is 334 g/mol. The van der Waals surface area contributed by atoms with Crippen molar-refractivity contribution in [2.75, 3.05) is 13.7 Å². The van der Waals surface area contributed by atoms with Crippen LogP contribution < -0.4 is 10.6 Å². The van der Waals surface area contributed by atoms with Gasteiger partial charge < -0.3 is 20.1 Å². The van der Waals surface area contributed by atoms with Crippen molar-refractivity contribution in [2.24, 2.45) is 5.92 Å². The Bertz CT molecular complexity index is 572. The zero-order chi connectivity index (χ0) is 17.4. The van der Waals surface area contributed by atoms with Gasteiger partial charge in [0, 0.05) is 0 Å². The summed E-state index contributed by atoms with van der Waals surface area (Å²) in [7, 11) is 1.29. The van der Waals surface area contributed by atoms with Crippen LogP contribution in [0.4, 0.5) is 4.79 Å². The van der Waals surface area contributed by atoms with Crippen LogP contribution in [0.5, 0.6) is 0 Å². The van der Waals surface area contributed by atoms with Gasteiger partial charge in [-0.3, -0.25) is 4.79 Å². The van der Waals surface area contributed by atoms with Crippen LogP contribution in [0, 0.1) is 5.92 Å². The number of amides is 2. The number of ether oxygens (including phenoxy) is 2. The molecule has 1 aromatic rings. The van der Waals surface area contributed by atoms with E-state index < -0.39 is 24.0 Å². The Morgan fingerprint density at radius 1 is 1.21 bits per heavy atom. The first kappa shape index (κ1) is 17.8. The van der Waals surface area contributed by atoms with Crippen molar-refractivity contribution in [2.45, 2.75) is 31.9 Å². The first-order chi connectivity index (χ1) is 11.6. The maximum absolute atomic E-state index is 11.9. The van der Waals surface area contributed by atoms with Crippen molar-refractivity contribution in [1.29, 1.82) is 0 Å². The zero-order valence-electron chi connectivity index (χ0n) is 13.6. The Kier molecular flexibility index (Phi) is 6.60. The number of esters is 1. The second kappa shape index (κ2) is 8.90. The Hall–Kier alpha value is -2.57. The number of hydrogen-bond acceptors (Lipinski definition) is 5. The highest BCUT2D eigenvalue weighted by molar-refractivity contribution is 5.87. The number of rotatable bonds is 8. The number of alkyl carbamates (subject to hydrolysis) is 1. The molecule has 1 atom stereocenters. The van der Waals surface area contributed by atoms with Gasteiger partial charge in [0.2, 0.25) is 5.91 Å². The van der Waals surface area contributed by atoms with Crippen LogP contribution in [0.2, 0.25) is 0 Å². The maximum atomic E-state index is 11.9. The number of benzene rings is 1. The van der Waals surface area contributed by atoms with Crippen LogP contribution >= 0.6 is 0 Å². The van der Waals surface area contributed by atoms with Gasteiger partial charge in [-0.25, -0.2) is 9.59 Å². The third-order valence-corrected chi connectivity index (χ3v) is 3.69. The van der Waals surface area contributed by atoms with Gasteiger partial charge in [-0.1, -0.05) is 43.2 Å². The second-order valence-electron chi connectivity index (χ2n) is 5.74. The van der Waals surface area contributed by atoms with E-state index in [0.717, 1.165) is 18.4 Å². The Morgan fingerprint density at radius 2 is 1.92 bits per heavy atom. The molecule has 2 rings (SSSR count). The molecule has 1 fully saturated rings. The van der Waals surface area contributed by atoms with Gasteiger partial charge in [-0.05, 0) is 17.9 Å². The lowest BCUT2D eigenvalue weighted by Gasteiger charge is -2.16. The van der Waals surface area contributed by atoms with Gasteiger partial charge >= 0.3 is 12.1 Å². The van der Waals surface area contributed by atoms with E-state index in [1.165, 1.54) is 7.11 Å². The van der Waals surface area contributed by atoms with Crippen molar-refractivity contribution < 1.29 is 23.9 Å². The summed E-state index contributed by atoms with van der Waals surface area (Å²) in [6.07, 6.45) is 2.00. The summed E-state index contributed by atoms with van der Waals surface area (Å²) in [5.74, 6) is -0.470. The molecule has 1 aromatic carbocycles. The maximum Gasteiger partial charge on any atom is 0.407 e. The van der Waals surface area contributed by atoms with Gasteiger partial charge in [-0.15, -0.1) is 0 Å². The van der Waals surface area contributed by atoms with Gasteiger partial charge in [0.15, 0.2) is 0 Å². The van der Waals surface area contributed by atoms with Crippen LogP contribution in [-0.4, -0.2) is 37.7 Å². The number of nitrogens with one attached hydrogen (secondary N) is 2. The Balaban J connectivity index is 1.68. The van der Waals surface area contributed by atoms with E-state index in [1.54, 1.807) is 0 Å². The first-order valence-electron chi connectivity index (χ1n) is 7.90. The van der Waals surface area contributed by atoms with E-state index in [4.69, 9.17) is 4.74 Å². The molecular formula is C17H22N2O5. The standard InChI is InChI=1S/C17H22N2O5/c1-23-16(21)14(9-12-7-8-12)19-15(20)10-18-17(22)24-11-13-5-3-2-4-6-13/h2-6,12,14H,7-11H2,1H3,(H,18,22)(H,19,20)/t14-/m0/s1. The number of hydrogen-bond donors (Lipinski definition) is 2. The molecule has 0 aliphatic heterocycles. The van der Waals surface area contributed by atoms with Crippen LogP contribution in [-0.2, 0) is 25.7 Å². The van der Waals surface area contributed by atoms with Gasteiger partial charge in [0.25, 0.3) is 0 Å². The molecule has 24 heavy (non-hydrogen) atoms. The lowest BCUT2D eigenvalue weighted by molar-refractivity contribution is -0.145. The average Bonchev–Trinajstić information content (AvgIpc) is 3.41. The molecule has 0 bridgehead atoms. The molecule has 7 nitrogen and oxygen atoms in total. The highest BCUT2D eigenvalue weighted by Gasteiger charge is 2.30. The van der Waals surface area contributed by atoms with Gasteiger partial charge in [0.05, 0.1) is 7.11 Å². The zero-order valence-corrected chi connectivity index (χ0v) is 13.6. The van der Waals surface area contributed by atoms with Crippen molar-refractivity contribution in [3.63, 3.8) is 0 Å². The van der Waals surface area contributed by atoms with E-state index in [2.05, 4.69) is 15.4 Å². The van der Waals surface area contributed by atoms with E-state index in [-0.39, 0.29) is 13.2 Å². The topological polar surface area (TPSA) is 93.7 Å². The molecule has 0 spiro atoms. The minimum Gasteiger partial charge on any atom is -0.467 e. The molecule has 1 saturated carbocycles. The molecule has 7 heteroatoms. The predicted molar refractivity (Wildman–Crippen MR) is 85.9 cm³/mol. The Morgan fingerprint density at radius 3 is 2.54 bits per heavy atom. The minimum atomic E-state index is -0.689. The van der Waals surface area contributed by atoms with Crippen molar-refractivity contribution in [1.82, 2.24) is 10.6 Å². The van der Waals surface area contributed by atoms with Crippen LogP contribution in [0.1, 0.15) is 24.8 Å². The highest BCUT2D eigenvalue weighted by Crippen LogP contribution is 2.33. The van der Waals surface area contributed by atoms with Gasteiger partial charge in [-0.2, -0.15) is 0 Å². The normalized spacial score (nSPS) is 14.4. The molecule has 0 unspecified atom stereocenters. The fraction of sp³-hybridized carbons (Fsp3) is 0.471. The summed E-state index contributed by atoms with van der Waals surface area (Å²) in [6, 6.07) is 8.55. The largest absolute Gasteiger partial charge is 0.467 e. The molecule has 130 valence electrons. The summed E-state index contributed by atoms with van der Waals surface area (Å²) in [5, 5.41) is 4.94. The fourth-order valence-corrected chi connectivity index (χ4v) is 2.22. The summed E-state index contributed by atoms with van der Waals surface area (Å²) in [4.78, 5) is 35.1. The molecule has 2 amide bonds. The quantitative estimate of drug-likeness (QED) is 0.700. The van der Waals surface area contributed by atoms with Crippen LogP contribution in [0.3, 0.4) is 0 Å². The molecule has 1 aliphatic carbocycles. The lowest BCUT2D eigenvalue weighted by Crippen LogP contribution is -2.46. The smallest absolute Gasteiger partial charge is 0.407 e. The molecule has 0 heterocycles. The predicted octanol–water partition coefficient (Wildman–Crippen LogP) is 1.37. The molecular weight excluding hydrogens is 312 g/mol. The minimum absolute atomic E-state index is 0.126. The lowest BCUT2D eigenvalue weighted by atomic mass is 10.1. The van der Waals surface area contributed by atoms with Crippen LogP contribution in [0.25, 0.3) is 0 Å². The molecule has 0 saturated heterocycles. The fourth-order valence-electron chi connectivity index (χ4n) is 2.22. The number of methoxy groups -OCH3 is 1. The van der Waals surface area contributed by atoms with E-state index in [9.17, 15) is 14.4 Å². The second-order valence-corrected chi connectivity index (χ2v) is 5.74. The molecule has 1 aliphatic rings. The highest BCUT2D eigenvalue weighted by atomic mass is 16.5. The third-order valence-electron chi connectivity index (χ3n) is 3.69. The van der Waals surface area contributed by atoms with Crippen molar-refractivity contribution in [3.8, 4) is 0 Å². The summed E-state index contributed by atoms with van der Waals surface area (Å²) >= 11 is 0. The SMILES string of the molecule is COC(=O)[C@H](CC1CC1)NC(=O)CNC(=O)OCc1ccccc1. The van der Waals surface area contributed by atoms with E-state index >= 15 is 0 Å². The first-order valence-corrected chi connectivity index (χ1v) is 7.90. The summed E-state index contributed by atoms with van der Waals surface area (Å²) in [6.45, 7) is -0.132. The van der Waals surface area contributed by atoms with E-state index in [1.807, 2.05) is 30.3 Å². The number of carbonyl (C=O) groups excluding carboxylic acids is 3. The number of carbonyl (C=O) groups is 3. The molecule has 0 radical (unpaired) electrons. The molecule has 2 N–H and O–H groups in total. The Labute approximate surface area is 140 Å². The van der Waals surface area contributed by atoms with Crippen LogP contribution in [0.15, 0.2) is 30.3 Å². The van der Waals surface area contributed by atoms with Gasteiger partial charge in [0.1, 0.15) is 19.2 Å². The summed E-state index contributed by atoms with van der Waals surface area (Å²) in [5.41, 5.74) is 0.854. The monoisotopic (exact) mass is 334 g/mol. The van der Waals surface area contributed by atoms with Crippen molar-refractivity contribution >= 4 is 18.0 Å². The third kappa shape index (κ3) is 6.28. The van der Waals surface area contributed by atoms with E-state index in [0.29, 0.717) is 12.3 Å². The van der Waals surface area contributed by atoms with Crippen molar-refractivity contribution in [3.05, 3.63) is 35.9 Å².